The number of rotatable bonds is 4. The molecule has 0 radical (unpaired) electrons. The summed E-state index contributed by atoms with van der Waals surface area (Å²) in [5, 5.41) is 3.84. The highest BCUT2D eigenvalue weighted by Crippen LogP contribution is 2.26. The topological polar surface area (TPSA) is 35.6 Å². The molecule has 4 nitrogen and oxygen atoms in total. The molecule has 1 saturated heterocycles. The van der Waals surface area contributed by atoms with E-state index in [0.29, 0.717) is 12.6 Å². The van der Waals surface area contributed by atoms with E-state index in [2.05, 4.69) is 17.1 Å². The van der Waals surface area contributed by atoms with E-state index in [-0.39, 0.29) is 5.91 Å². The first-order valence-electron chi connectivity index (χ1n) is 7.75. The summed E-state index contributed by atoms with van der Waals surface area (Å²) >= 11 is 0. The van der Waals surface area contributed by atoms with Crippen molar-refractivity contribution in [2.24, 2.45) is 5.92 Å². The van der Waals surface area contributed by atoms with Gasteiger partial charge in [-0.25, -0.2) is 0 Å². The Kier molecular flexibility index (Phi) is 5.22. The molecule has 4 heteroatoms. The number of likely N-dealkylation sites (tertiary alicyclic amines) is 1. The lowest BCUT2D eigenvalue weighted by molar-refractivity contribution is -0.130. The minimum Gasteiger partial charge on any atom is -0.348 e. The van der Waals surface area contributed by atoms with Crippen LogP contribution in [0.1, 0.15) is 39.0 Å². The fourth-order valence-corrected chi connectivity index (χ4v) is 3.29. The first-order valence-corrected chi connectivity index (χ1v) is 7.75. The van der Waals surface area contributed by atoms with Crippen LogP contribution in [-0.4, -0.2) is 61.5 Å². The van der Waals surface area contributed by atoms with E-state index in [1.54, 1.807) is 4.90 Å². The summed E-state index contributed by atoms with van der Waals surface area (Å²) in [6.45, 7) is 5.06. The minimum atomic E-state index is 0.218. The SMILES string of the molecule is CC1CCCC1NC1CCN(CC(=O)N(C)C)CC1. The van der Waals surface area contributed by atoms with Gasteiger partial charge in [0.15, 0.2) is 0 Å². The van der Waals surface area contributed by atoms with Crippen LogP contribution in [0.2, 0.25) is 0 Å². The molecule has 0 bridgehead atoms. The number of nitrogens with zero attached hydrogens (tertiary/aromatic N) is 2. The van der Waals surface area contributed by atoms with Crippen molar-refractivity contribution >= 4 is 5.91 Å². The Labute approximate surface area is 117 Å². The second kappa shape index (κ2) is 6.71. The fourth-order valence-electron chi connectivity index (χ4n) is 3.29. The Balaban J connectivity index is 1.69. The maximum absolute atomic E-state index is 11.7. The Morgan fingerprint density at radius 2 is 1.89 bits per heavy atom. The van der Waals surface area contributed by atoms with Crippen molar-refractivity contribution in [2.75, 3.05) is 33.7 Å². The standard InChI is InChI=1S/C15H29N3O/c1-12-5-4-6-14(12)16-13-7-9-18(10-8-13)11-15(19)17(2)3/h12-14,16H,4-11H2,1-3H3. The quantitative estimate of drug-likeness (QED) is 0.834. The van der Waals surface area contributed by atoms with Gasteiger partial charge in [-0.15, -0.1) is 0 Å². The van der Waals surface area contributed by atoms with Crippen LogP contribution in [0.5, 0.6) is 0 Å². The number of nitrogens with one attached hydrogen (secondary N) is 1. The summed E-state index contributed by atoms with van der Waals surface area (Å²) in [6, 6.07) is 1.40. The molecule has 0 spiro atoms. The molecule has 2 unspecified atom stereocenters. The van der Waals surface area contributed by atoms with Gasteiger partial charge in [-0.05, 0) is 31.6 Å². The predicted octanol–water partition coefficient (Wildman–Crippen LogP) is 1.32. The highest BCUT2D eigenvalue weighted by molar-refractivity contribution is 5.77. The van der Waals surface area contributed by atoms with Crippen LogP contribution in [0.25, 0.3) is 0 Å². The molecule has 2 rings (SSSR count). The van der Waals surface area contributed by atoms with Gasteiger partial charge in [-0.3, -0.25) is 9.69 Å². The van der Waals surface area contributed by atoms with Gasteiger partial charge in [0.1, 0.15) is 0 Å². The van der Waals surface area contributed by atoms with Crippen LogP contribution in [0, 0.1) is 5.92 Å². The molecule has 1 heterocycles. The van der Waals surface area contributed by atoms with Crippen LogP contribution in [0.3, 0.4) is 0 Å². The molecule has 2 atom stereocenters. The van der Waals surface area contributed by atoms with Gasteiger partial charge in [0, 0.05) is 39.3 Å². The maximum Gasteiger partial charge on any atom is 0.236 e. The van der Waals surface area contributed by atoms with Gasteiger partial charge >= 0.3 is 0 Å². The maximum atomic E-state index is 11.7. The van der Waals surface area contributed by atoms with E-state index >= 15 is 0 Å². The van der Waals surface area contributed by atoms with Crippen molar-refractivity contribution in [3.05, 3.63) is 0 Å². The average molecular weight is 267 g/mol. The number of carbonyl (C=O) groups is 1. The minimum absolute atomic E-state index is 0.218. The Morgan fingerprint density at radius 1 is 1.21 bits per heavy atom. The highest BCUT2D eigenvalue weighted by atomic mass is 16.2. The summed E-state index contributed by atoms with van der Waals surface area (Å²) in [6.07, 6.45) is 6.48. The second-order valence-corrected chi connectivity index (χ2v) is 6.52. The van der Waals surface area contributed by atoms with Crippen molar-refractivity contribution in [3.63, 3.8) is 0 Å². The average Bonchev–Trinajstić information content (AvgIpc) is 2.77. The molecule has 0 aromatic heterocycles. The van der Waals surface area contributed by atoms with E-state index in [1.807, 2.05) is 14.1 Å². The van der Waals surface area contributed by atoms with Crippen molar-refractivity contribution in [1.82, 2.24) is 15.1 Å². The largest absolute Gasteiger partial charge is 0.348 e. The lowest BCUT2D eigenvalue weighted by Crippen LogP contribution is -2.48. The number of hydrogen-bond acceptors (Lipinski definition) is 3. The molecule has 19 heavy (non-hydrogen) atoms. The number of hydrogen-bond donors (Lipinski definition) is 1. The smallest absolute Gasteiger partial charge is 0.236 e. The first kappa shape index (κ1) is 14.8. The molecule has 2 fully saturated rings. The van der Waals surface area contributed by atoms with Crippen molar-refractivity contribution in [1.29, 1.82) is 0 Å². The summed E-state index contributed by atoms with van der Waals surface area (Å²) in [4.78, 5) is 15.7. The summed E-state index contributed by atoms with van der Waals surface area (Å²) in [7, 11) is 3.66. The van der Waals surface area contributed by atoms with Crippen LogP contribution in [-0.2, 0) is 4.79 Å². The van der Waals surface area contributed by atoms with E-state index in [4.69, 9.17) is 0 Å². The molecule has 1 aliphatic carbocycles. The zero-order valence-electron chi connectivity index (χ0n) is 12.7. The molecule has 1 saturated carbocycles. The van der Waals surface area contributed by atoms with Gasteiger partial charge in [0.25, 0.3) is 0 Å². The van der Waals surface area contributed by atoms with E-state index in [9.17, 15) is 4.79 Å². The molecule has 1 amide bonds. The van der Waals surface area contributed by atoms with Crippen LogP contribution in [0.4, 0.5) is 0 Å². The van der Waals surface area contributed by atoms with Gasteiger partial charge in [0.05, 0.1) is 6.54 Å². The normalized spacial score (nSPS) is 29.6. The summed E-state index contributed by atoms with van der Waals surface area (Å²) in [5.74, 6) is 1.06. The van der Waals surface area contributed by atoms with E-state index < -0.39 is 0 Å². The third-order valence-electron chi connectivity index (χ3n) is 4.76. The number of amides is 1. The third kappa shape index (κ3) is 4.18. The second-order valence-electron chi connectivity index (χ2n) is 6.52. The molecular weight excluding hydrogens is 238 g/mol. The van der Waals surface area contributed by atoms with Gasteiger partial charge in [-0.2, -0.15) is 0 Å². The Bertz CT molecular complexity index is 298. The van der Waals surface area contributed by atoms with Crippen LogP contribution < -0.4 is 5.32 Å². The van der Waals surface area contributed by atoms with Gasteiger partial charge in [-0.1, -0.05) is 13.3 Å². The Hall–Kier alpha value is -0.610. The zero-order valence-corrected chi connectivity index (χ0v) is 12.7. The molecular formula is C15H29N3O. The lowest BCUT2D eigenvalue weighted by atomic mass is 10.0. The molecule has 0 aromatic carbocycles. The monoisotopic (exact) mass is 267 g/mol. The first-order chi connectivity index (χ1) is 9.06. The van der Waals surface area contributed by atoms with Crippen molar-refractivity contribution in [3.8, 4) is 0 Å². The van der Waals surface area contributed by atoms with Gasteiger partial charge in [0.2, 0.25) is 5.91 Å². The predicted molar refractivity (Wildman–Crippen MR) is 78.1 cm³/mol. The number of carbonyl (C=O) groups excluding carboxylic acids is 1. The summed E-state index contributed by atoms with van der Waals surface area (Å²) < 4.78 is 0. The van der Waals surface area contributed by atoms with Crippen LogP contribution >= 0.6 is 0 Å². The van der Waals surface area contributed by atoms with Crippen LogP contribution in [0.15, 0.2) is 0 Å². The number of likely N-dealkylation sites (N-methyl/N-ethyl adjacent to an activating group) is 1. The Morgan fingerprint density at radius 3 is 2.42 bits per heavy atom. The van der Waals surface area contributed by atoms with E-state index in [1.165, 1.54) is 32.1 Å². The zero-order chi connectivity index (χ0) is 13.8. The molecule has 1 N–H and O–H groups in total. The molecule has 1 aliphatic heterocycles. The summed E-state index contributed by atoms with van der Waals surface area (Å²) in [5.41, 5.74) is 0. The highest BCUT2D eigenvalue weighted by Gasteiger charge is 2.28. The van der Waals surface area contributed by atoms with E-state index in [0.717, 1.165) is 25.0 Å². The molecule has 110 valence electrons. The van der Waals surface area contributed by atoms with Crippen molar-refractivity contribution in [2.45, 2.75) is 51.1 Å². The third-order valence-corrected chi connectivity index (χ3v) is 4.76. The number of piperidine rings is 1. The fraction of sp³-hybridized carbons (Fsp3) is 0.933. The molecule has 2 aliphatic rings. The lowest BCUT2D eigenvalue weighted by Gasteiger charge is -2.34. The van der Waals surface area contributed by atoms with Gasteiger partial charge < -0.3 is 10.2 Å². The van der Waals surface area contributed by atoms with Crippen molar-refractivity contribution < 1.29 is 4.79 Å². The molecule has 0 aromatic rings.